The Morgan fingerprint density at radius 1 is 1.53 bits per heavy atom. The van der Waals surface area contributed by atoms with Crippen molar-refractivity contribution in [1.82, 2.24) is 0 Å². The van der Waals surface area contributed by atoms with Crippen LogP contribution in [0.3, 0.4) is 0 Å². The number of halogens is 1. The minimum Gasteiger partial charge on any atom is -0.478 e. The fraction of sp³-hybridized carbons (Fsp3) is 0.267. The molecule has 1 aromatic rings. The summed E-state index contributed by atoms with van der Waals surface area (Å²) in [6.45, 7) is 7.66. The van der Waals surface area contributed by atoms with E-state index in [0.29, 0.717) is 0 Å². The zero-order chi connectivity index (χ0) is 14.3. The summed E-state index contributed by atoms with van der Waals surface area (Å²) in [7, 11) is 0. The van der Waals surface area contributed by atoms with Gasteiger partial charge in [0.15, 0.2) is 0 Å². The second-order valence-electron chi connectivity index (χ2n) is 4.11. The SMILES string of the molecule is C=CCN(CCC)c1ccc(/C=C/C(=O)O)c(Br)c1. The minimum atomic E-state index is -0.949. The highest BCUT2D eigenvalue weighted by Gasteiger charge is 2.06. The van der Waals surface area contributed by atoms with Gasteiger partial charge in [0.2, 0.25) is 0 Å². The zero-order valence-electron chi connectivity index (χ0n) is 11.0. The Balaban J connectivity index is 2.96. The number of rotatable bonds is 7. The average molecular weight is 324 g/mol. The van der Waals surface area contributed by atoms with Crippen molar-refractivity contribution in [2.24, 2.45) is 0 Å². The smallest absolute Gasteiger partial charge is 0.328 e. The minimum absolute atomic E-state index is 0.796. The lowest BCUT2D eigenvalue weighted by molar-refractivity contribution is -0.131. The van der Waals surface area contributed by atoms with Crippen LogP contribution in [0.5, 0.6) is 0 Å². The van der Waals surface area contributed by atoms with E-state index < -0.39 is 5.97 Å². The van der Waals surface area contributed by atoms with E-state index in [1.807, 2.05) is 24.3 Å². The molecule has 0 radical (unpaired) electrons. The Morgan fingerprint density at radius 2 is 2.26 bits per heavy atom. The van der Waals surface area contributed by atoms with E-state index in [9.17, 15) is 4.79 Å². The van der Waals surface area contributed by atoms with Gasteiger partial charge in [-0.3, -0.25) is 0 Å². The van der Waals surface area contributed by atoms with Crippen LogP contribution in [0.15, 0.2) is 41.4 Å². The lowest BCUT2D eigenvalue weighted by Gasteiger charge is -2.23. The van der Waals surface area contributed by atoms with Crippen molar-refractivity contribution in [3.8, 4) is 0 Å². The summed E-state index contributed by atoms with van der Waals surface area (Å²) in [4.78, 5) is 12.7. The van der Waals surface area contributed by atoms with Gasteiger partial charge in [0.25, 0.3) is 0 Å². The fourth-order valence-corrected chi connectivity index (χ4v) is 2.26. The lowest BCUT2D eigenvalue weighted by atomic mass is 10.1. The van der Waals surface area contributed by atoms with Crippen LogP contribution in [0.25, 0.3) is 6.08 Å². The van der Waals surface area contributed by atoms with E-state index >= 15 is 0 Å². The van der Waals surface area contributed by atoms with Crippen LogP contribution >= 0.6 is 15.9 Å². The average Bonchev–Trinajstić information content (AvgIpc) is 2.37. The standard InChI is InChI=1S/C15H18BrNO2/c1-3-9-17(10-4-2)13-7-5-12(14(16)11-13)6-8-15(18)19/h3,5-8,11H,1,4,9-10H2,2H3,(H,18,19)/b8-6+. The van der Waals surface area contributed by atoms with E-state index in [2.05, 4.69) is 34.3 Å². The number of aliphatic carboxylic acids is 1. The predicted octanol–water partition coefficient (Wildman–Crippen LogP) is 3.95. The molecule has 1 rings (SSSR count). The van der Waals surface area contributed by atoms with Crippen molar-refractivity contribution in [2.45, 2.75) is 13.3 Å². The lowest BCUT2D eigenvalue weighted by Crippen LogP contribution is -2.23. The van der Waals surface area contributed by atoms with Gasteiger partial charge in [0.1, 0.15) is 0 Å². The molecule has 0 aliphatic heterocycles. The molecule has 0 fully saturated rings. The van der Waals surface area contributed by atoms with Crippen molar-refractivity contribution >= 4 is 33.7 Å². The van der Waals surface area contributed by atoms with E-state index in [-0.39, 0.29) is 0 Å². The molecule has 0 heterocycles. The zero-order valence-corrected chi connectivity index (χ0v) is 12.6. The fourth-order valence-electron chi connectivity index (χ4n) is 1.76. The predicted molar refractivity (Wildman–Crippen MR) is 83.5 cm³/mol. The topological polar surface area (TPSA) is 40.5 Å². The molecule has 0 atom stereocenters. The molecule has 0 saturated heterocycles. The molecular formula is C15H18BrNO2. The van der Waals surface area contributed by atoms with Gasteiger partial charge in [-0.15, -0.1) is 6.58 Å². The Labute approximate surface area is 122 Å². The largest absolute Gasteiger partial charge is 0.478 e. The maximum absolute atomic E-state index is 10.5. The summed E-state index contributed by atoms with van der Waals surface area (Å²) in [5.74, 6) is -0.949. The summed E-state index contributed by atoms with van der Waals surface area (Å²) >= 11 is 3.47. The monoisotopic (exact) mass is 323 g/mol. The van der Waals surface area contributed by atoms with Crippen molar-refractivity contribution in [3.05, 3.63) is 47.0 Å². The summed E-state index contributed by atoms with van der Waals surface area (Å²) < 4.78 is 0.882. The second-order valence-corrected chi connectivity index (χ2v) is 4.97. The molecule has 0 bridgehead atoms. The number of hydrogen-bond acceptors (Lipinski definition) is 2. The summed E-state index contributed by atoms with van der Waals surface area (Å²) in [5.41, 5.74) is 1.95. The van der Waals surface area contributed by atoms with E-state index in [0.717, 1.165) is 41.3 Å². The van der Waals surface area contributed by atoms with Crippen LogP contribution in [-0.4, -0.2) is 24.2 Å². The molecule has 0 spiro atoms. The second kappa shape index (κ2) is 7.79. The molecule has 0 saturated carbocycles. The van der Waals surface area contributed by atoms with Gasteiger partial charge in [0, 0.05) is 29.3 Å². The van der Waals surface area contributed by atoms with Gasteiger partial charge in [-0.05, 0) is 30.2 Å². The third-order valence-electron chi connectivity index (χ3n) is 2.60. The van der Waals surface area contributed by atoms with Crippen molar-refractivity contribution in [3.63, 3.8) is 0 Å². The molecule has 102 valence electrons. The Morgan fingerprint density at radius 3 is 2.79 bits per heavy atom. The Kier molecular flexibility index (Phi) is 6.36. The molecule has 1 aromatic carbocycles. The number of benzene rings is 1. The maximum atomic E-state index is 10.5. The maximum Gasteiger partial charge on any atom is 0.328 e. The molecule has 0 unspecified atom stereocenters. The first kappa shape index (κ1) is 15.5. The van der Waals surface area contributed by atoms with Crippen molar-refractivity contribution < 1.29 is 9.90 Å². The van der Waals surface area contributed by atoms with Gasteiger partial charge in [-0.2, -0.15) is 0 Å². The Bertz CT molecular complexity index is 483. The highest BCUT2D eigenvalue weighted by Crippen LogP contribution is 2.25. The van der Waals surface area contributed by atoms with Gasteiger partial charge in [-0.1, -0.05) is 35.0 Å². The van der Waals surface area contributed by atoms with Gasteiger partial charge < -0.3 is 10.0 Å². The van der Waals surface area contributed by atoms with E-state index in [4.69, 9.17) is 5.11 Å². The molecular weight excluding hydrogens is 306 g/mol. The number of hydrogen-bond donors (Lipinski definition) is 1. The third kappa shape index (κ3) is 4.91. The number of nitrogens with zero attached hydrogens (tertiary/aromatic N) is 1. The summed E-state index contributed by atoms with van der Waals surface area (Å²) in [6, 6.07) is 5.90. The first-order chi connectivity index (χ1) is 9.08. The molecule has 0 aliphatic carbocycles. The summed E-state index contributed by atoms with van der Waals surface area (Å²) in [6.07, 6.45) is 5.65. The van der Waals surface area contributed by atoms with Crippen molar-refractivity contribution in [1.29, 1.82) is 0 Å². The third-order valence-corrected chi connectivity index (χ3v) is 3.28. The van der Waals surface area contributed by atoms with E-state index in [1.54, 1.807) is 6.08 Å². The number of carboxylic acids is 1. The van der Waals surface area contributed by atoms with Crippen LogP contribution < -0.4 is 4.90 Å². The van der Waals surface area contributed by atoms with Gasteiger partial charge >= 0.3 is 5.97 Å². The molecule has 0 amide bonds. The highest BCUT2D eigenvalue weighted by atomic mass is 79.9. The molecule has 0 aliphatic rings. The normalized spacial score (nSPS) is 10.6. The van der Waals surface area contributed by atoms with Crippen LogP contribution in [-0.2, 0) is 4.79 Å². The van der Waals surface area contributed by atoms with Gasteiger partial charge in [-0.25, -0.2) is 4.79 Å². The van der Waals surface area contributed by atoms with E-state index in [1.165, 1.54) is 0 Å². The van der Waals surface area contributed by atoms with Crippen LogP contribution in [0.4, 0.5) is 5.69 Å². The van der Waals surface area contributed by atoms with Crippen LogP contribution in [0, 0.1) is 0 Å². The summed E-state index contributed by atoms with van der Waals surface area (Å²) in [5, 5.41) is 8.63. The number of anilines is 1. The highest BCUT2D eigenvalue weighted by molar-refractivity contribution is 9.10. The van der Waals surface area contributed by atoms with Crippen molar-refractivity contribution in [2.75, 3.05) is 18.0 Å². The van der Waals surface area contributed by atoms with Crippen LogP contribution in [0.1, 0.15) is 18.9 Å². The van der Waals surface area contributed by atoms with Crippen LogP contribution in [0.2, 0.25) is 0 Å². The molecule has 19 heavy (non-hydrogen) atoms. The molecule has 4 heteroatoms. The molecule has 0 aromatic heterocycles. The number of carboxylic acid groups (broad SMARTS) is 1. The molecule has 3 nitrogen and oxygen atoms in total. The first-order valence-electron chi connectivity index (χ1n) is 6.15. The number of carbonyl (C=O) groups is 1. The quantitative estimate of drug-likeness (QED) is 0.610. The molecule has 1 N–H and O–H groups in total. The first-order valence-corrected chi connectivity index (χ1v) is 6.94. The van der Waals surface area contributed by atoms with Gasteiger partial charge in [0.05, 0.1) is 0 Å². The Hall–Kier alpha value is -1.55.